The van der Waals surface area contributed by atoms with Gasteiger partial charge in [-0.3, -0.25) is 9.78 Å². The first-order valence-corrected chi connectivity index (χ1v) is 8.63. The second kappa shape index (κ2) is 6.37. The van der Waals surface area contributed by atoms with Gasteiger partial charge in [0.25, 0.3) is 0 Å². The van der Waals surface area contributed by atoms with Crippen molar-refractivity contribution in [2.45, 2.75) is 31.9 Å². The van der Waals surface area contributed by atoms with Gasteiger partial charge >= 0.3 is 6.18 Å². The molecule has 2 aliphatic carbocycles. The molecule has 1 heterocycles. The molecule has 3 nitrogen and oxygen atoms in total. The predicted octanol–water partition coefficient (Wildman–Crippen LogP) is 4.61. The van der Waals surface area contributed by atoms with Crippen LogP contribution in [0.3, 0.4) is 0 Å². The normalized spacial score (nSPS) is 16.3. The molecule has 27 heavy (non-hydrogen) atoms. The molecule has 0 aliphatic heterocycles. The van der Waals surface area contributed by atoms with E-state index in [1.54, 1.807) is 0 Å². The number of benzene rings is 1. The Balaban J connectivity index is 1.53. The number of carbonyl (C=O) groups excluding carboxylic acids is 1. The van der Waals surface area contributed by atoms with E-state index in [-0.39, 0.29) is 18.0 Å². The van der Waals surface area contributed by atoms with Crippen LogP contribution in [0, 0.1) is 0 Å². The lowest BCUT2D eigenvalue weighted by atomic mass is 9.94. The van der Waals surface area contributed by atoms with Crippen molar-refractivity contribution in [1.82, 2.24) is 4.98 Å². The van der Waals surface area contributed by atoms with Gasteiger partial charge in [0.05, 0.1) is 0 Å². The Morgan fingerprint density at radius 1 is 1.07 bits per heavy atom. The number of aliphatic hydroxyl groups excluding tert-OH is 1. The van der Waals surface area contributed by atoms with Crippen molar-refractivity contribution in [2.24, 2.45) is 0 Å². The Morgan fingerprint density at radius 3 is 2.52 bits per heavy atom. The van der Waals surface area contributed by atoms with E-state index in [2.05, 4.69) is 4.98 Å². The zero-order valence-electron chi connectivity index (χ0n) is 14.3. The lowest BCUT2D eigenvalue weighted by molar-refractivity contribution is -0.141. The summed E-state index contributed by atoms with van der Waals surface area (Å²) in [5.74, 6) is -0.446. The van der Waals surface area contributed by atoms with E-state index >= 15 is 0 Å². The molecule has 1 aromatic carbocycles. The molecular formula is C21H16F3NO2. The predicted molar refractivity (Wildman–Crippen MR) is 94.0 cm³/mol. The zero-order valence-corrected chi connectivity index (χ0v) is 14.3. The van der Waals surface area contributed by atoms with Crippen molar-refractivity contribution in [3.63, 3.8) is 0 Å². The van der Waals surface area contributed by atoms with E-state index < -0.39 is 11.9 Å². The van der Waals surface area contributed by atoms with Crippen LogP contribution in [0.4, 0.5) is 13.2 Å². The van der Waals surface area contributed by atoms with Crippen LogP contribution < -0.4 is 0 Å². The van der Waals surface area contributed by atoms with Crippen molar-refractivity contribution in [2.75, 3.05) is 0 Å². The standard InChI is InChI=1S/C21H16F3NO2/c22-21(23,24)18-8-4-13(11-25-18)2-1-12-3-5-14-10-15-6-7-17(26)20(27)19(15)16(14)9-12/h3-6,8-9,11,27H,1-2,7,10H2. The number of fused-ring (bicyclic) bond motifs is 3. The molecule has 4 rings (SSSR count). The molecule has 1 N–H and O–H groups in total. The first-order chi connectivity index (χ1) is 12.8. The van der Waals surface area contributed by atoms with Gasteiger partial charge < -0.3 is 5.11 Å². The molecule has 0 saturated carbocycles. The number of nitrogens with zero attached hydrogens (tertiary/aromatic N) is 1. The van der Waals surface area contributed by atoms with E-state index in [0.717, 1.165) is 33.9 Å². The monoisotopic (exact) mass is 371 g/mol. The molecule has 0 unspecified atom stereocenters. The van der Waals surface area contributed by atoms with Crippen LogP contribution in [0.1, 0.15) is 34.4 Å². The van der Waals surface area contributed by atoms with Crippen molar-refractivity contribution < 1.29 is 23.1 Å². The van der Waals surface area contributed by atoms with Crippen molar-refractivity contribution in [1.29, 1.82) is 0 Å². The highest BCUT2D eigenvalue weighted by molar-refractivity contribution is 6.08. The van der Waals surface area contributed by atoms with Gasteiger partial charge in [0, 0.05) is 18.2 Å². The molecule has 2 aliphatic rings. The smallest absolute Gasteiger partial charge is 0.433 e. The topological polar surface area (TPSA) is 50.2 Å². The van der Waals surface area contributed by atoms with Gasteiger partial charge in [-0.25, -0.2) is 0 Å². The average Bonchev–Trinajstić information content (AvgIpc) is 3.01. The third-order valence-electron chi connectivity index (χ3n) is 5.00. The molecule has 0 radical (unpaired) electrons. The Bertz CT molecular complexity index is 985. The number of alkyl halides is 3. The van der Waals surface area contributed by atoms with E-state index in [4.69, 9.17) is 0 Å². The quantitative estimate of drug-likeness (QED) is 0.857. The lowest BCUT2D eigenvalue weighted by Crippen LogP contribution is -2.08. The van der Waals surface area contributed by atoms with Gasteiger partial charge in [-0.1, -0.05) is 30.3 Å². The number of aliphatic hydroxyl groups is 1. The van der Waals surface area contributed by atoms with Crippen molar-refractivity contribution >= 4 is 11.4 Å². The summed E-state index contributed by atoms with van der Waals surface area (Å²) < 4.78 is 37.7. The molecule has 0 fully saturated rings. The Hall–Kier alpha value is -2.89. The maximum Gasteiger partial charge on any atom is 0.433 e. The first-order valence-electron chi connectivity index (χ1n) is 8.63. The van der Waals surface area contributed by atoms with Gasteiger partial charge in [-0.05, 0) is 53.2 Å². The fraction of sp³-hybridized carbons (Fsp3) is 0.238. The largest absolute Gasteiger partial charge is 0.504 e. The van der Waals surface area contributed by atoms with Gasteiger partial charge in [-0.2, -0.15) is 13.2 Å². The summed E-state index contributed by atoms with van der Waals surface area (Å²) in [6, 6.07) is 8.36. The number of pyridine rings is 1. The highest BCUT2D eigenvalue weighted by Crippen LogP contribution is 2.41. The van der Waals surface area contributed by atoms with E-state index in [1.165, 1.54) is 12.3 Å². The number of aromatic nitrogens is 1. The van der Waals surface area contributed by atoms with Crippen LogP contribution in [-0.4, -0.2) is 15.9 Å². The number of aryl methyl sites for hydroxylation is 2. The number of allylic oxidation sites excluding steroid dienone is 4. The third kappa shape index (κ3) is 3.27. The van der Waals surface area contributed by atoms with Crippen LogP contribution in [-0.2, 0) is 30.2 Å². The summed E-state index contributed by atoms with van der Waals surface area (Å²) in [5.41, 5.74) is 4.36. The molecule has 138 valence electrons. The number of rotatable bonds is 3. The number of carbonyl (C=O) groups is 1. The summed E-state index contributed by atoms with van der Waals surface area (Å²) >= 11 is 0. The van der Waals surface area contributed by atoms with E-state index in [1.807, 2.05) is 24.3 Å². The second-order valence-electron chi connectivity index (χ2n) is 6.80. The molecule has 0 spiro atoms. The maximum absolute atomic E-state index is 12.6. The summed E-state index contributed by atoms with van der Waals surface area (Å²) in [6.45, 7) is 0. The number of halogens is 3. The third-order valence-corrected chi connectivity index (χ3v) is 5.00. The van der Waals surface area contributed by atoms with Crippen LogP contribution >= 0.6 is 0 Å². The Morgan fingerprint density at radius 2 is 1.81 bits per heavy atom. The minimum atomic E-state index is -4.43. The molecule has 2 aromatic rings. The fourth-order valence-electron chi connectivity index (χ4n) is 3.57. The van der Waals surface area contributed by atoms with E-state index in [0.29, 0.717) is 24.8 Å². The van der Waals surface area contributed by atoms with Gasteiger partial charge in [0.15, 0.2) is 5.76 Å². The number of Topliss-reactive ketones (excluding diaryl/α,β-unsaturated/α-hetero) is 1. The minimum Gasteiger partial charge on any atom is -0.504 e. The van der Waals surface area contributed by atoms with Crippen LogP contribution in [0.2, 0.25) is 0 Å². The number of hydrogen-bond acceptors (Lipinski definition) is 3. The molecule has 1 aromatic heterocycles. The molecular weight excluding hydrogens is 355 g/mol. The Labute approximate surface area is 153 Å². The lowest BCUT2D eigenvalue weighted by Gasteiger charge is -2.12. The summed E-state index contributed by atoms with van der Waals surface area (Å²) in [6.07, 6.45) is 0.794. The van der Waals surface area contributed by atoms with Crippen LogP contribution in [0.25, 0.3) is 5.57 Å². The van der Waals surface area contributed by atoms with E-state index in [9.17, 15) is 23.1 Å². The average molecular weight is 371 g/mol. The van der Waals surface area contributed by atoms with Crippen LogP contribution in [0.15, 0.2) is 53.9 Å². The molecule has 0 amide bonds. The number of hydrogen-bond donors (Lipinski definition) is 1. The first kappa shape index (κ1) is 17.5. The maximum atomic E-state index is 12.6. The second-order valence-corrected chi connectivity index (χ2v) is 6.80. The summed E-state index contributed by atoms with van der Waals surface area (Å²) in [7, 11) is 0. The van der Waals surface area contributed by atoms with Gasteiger partial charge in [0.2, 0.25) is 5.78 Å². The Kier molecular flexibility index (Phi) is 4.13. The molecule has 0 saturated heterocycles. The number of ketones is 1. The zero-order chi connectivity index (χ0) is 19.2. The fourth-order valence-corrected chi connectivity index (χ4v) is 3.57. The molecule has 0 bridgehead atoms. The van der Waals surface area contributed by atoms with Crippen LogP contribution in [0.5, 0.6) is 0 Å². The molecule has 6 heteroatoms. The van der Waals surface area contributed by atoms with Crippen molar-refractivity contribution in [3.05, 3.63) is 81.9 Å². The highest BCUT2D eigenvalue weighted by atomic mass is 19.4. The van der Waals surface area contributed by atoms with Crippen molar-refractivity contribution in [3.8, 4) is 0 Å². The summed E-state index contributed by atoms with van der Waals surface area (Å²) in [4.78, 5) is 15.3. The highest BCUT2D eigenvalue weighted by Gasteiger charge is 2.32. The SMILES string of the molecule is O=C1CC=C2Cc3ccc(CCc4ccc(C(F)(F)F)nc4)cc3C2=C1O. The minimum absolute atomic E-state index is 0.171. The molecule has 0 atom stereocenters. The summed E-state index contributed by atoms with van der Waals surface area (Å²) in [5, 5.41) is 10.2. The van der Waals surface area contributed by atoms with Gasteiger partial charge in [0.1, 0.15) is 5.69 Å². The van der Waals surface area contributed by atoms with Gasteiger partial charge in [-0.15, -0.1) is 0 Å².